The minimum absolute atomic E-state index is 0.0435. The van der Waals surface area contributed by atoms with Crippen molar-refractivity contribution in [3.05, 3.63) is 58.4 Å². The number of aromatic nitrogens is 3. The summed E-state index contributed by atoms with van der Waals surface area (Å²) in [4.78, 5) is 19.4. The number of aromatic amines is 1. The Bertz CT molecular complexity index is 1160. The SMILES string of the molecule is COc1ccc(-c2noc(-c3c(O)c4cc(C)ccc4[nH]c3=O)n2)cc1. The van der Waals surface area contributed by atoms with Crippen molar-refractivity contribution in [3.8, 4) is 34.3 Å². The minimum Gasteiger partial charge on any atom is -0.506 e. The van der Waals surface area contributed by atoms with E-state index in [-0.39, 0.29) is 17.2 Å². The Morgan fingerprint density at radius 2 is 1.92 bits per heavy atom. The molecule has 2 aromatic carbocycles. The van der Waals surface area contributed by atoms with Crippen LogP contribution < -0.4 is 10.3 Å². The lowest BCUT2D eigenvalue weighted by molar-refractivity contribution is 0.414. The Hall–Kier alpha value is -3.61. The Labute approximate surface area is 147 Å². The van der Waals surface area contributed by atoms with Crippen molar-refractivity contribution in [1.29, 1.82) is 0 Å². The number of methoxy groups -OCH3 is 1. The summed E-state index contributed by atoms with van der Waals surface area (Å²) in [6, 6.07) is 12.5. The molecule has 130 valence electrons. The van der Waals surface area contributed by atoms with Gasteiger partial charge < -0.3 is 19.4 Å². The first-order chi connectivity index (χ1) is 12.6. The second-order valence-electron chi connectivity index (χ2n) is 5.88. The van der Waals surface area contributed by atoms with Gasteiger partial charge in [-0.3, -0.25) is 4.79 Å². The van der Waals surface area contributed by atoms with Gasteiger partial charge in [0.2, 0.25) is 5.82 Å². The fourth-order valence-electron chi connectivity index (χ4n) is 2.77. The molecule has 2 aromatic heterocycles. The molecular weight excluding hydrogens is 334 g/mol. The van der Waals surface area contributed by atoms with Gasteiger partial charge in [-0.2, -0.15) is 4.98 Å². The summed E-state index contributed by atoms with van der Waals surface area (Å²) >= 11 is 0. The van der Waals surface area contributed by atoms with Gasteiger partial charge >= 0.3 is 0 Å². The summed E-state index contributed by atoms with van der Waals surface area (Å²) in [5.41, 5.74) is 1.65. The van der Waals surface area contributed by atoms with Crippen molar-refractivity contribution < 1.29 is 14.4 Å². The van der Waals surface area contributed by atoms with E-state index < -0.39 is 5.56 Å². The molecule has 0 atom stereocenters. The monoisotopic (exact) mass is 349 g/mol. The van der Waals surface area contributed by atoms with E-state index in [0.29, 0.717) is 28.0 Å². The summed E-state index contributed by atoms with van der Waals surface area (Å²) in [5, 5.41) is 15.0. The second-order valence-corrected chi connectivity index (χ2v) is 5.88. The molecule has 7 nitrogen and oxygen atoms in total. The van der Waals surface area contributed by atoms with Gasteiger partial charge in [-0.15, -0.1) is 0 Å². The molecule has 7 heteroatoms. The maximum absolute atomic E-state index is 12.4. The van der Waals surface area contributed by atoms with Gasteiger partial charge in [0.1, 0.15) is 17.1 Å². The molecule has 0 aliphatic heterocycles. The molecule has 0 fully saturated rings. The normalized spacial score (nSPS) is 11.0. The van der Waals surface area contributed by atoms with Crippen molar-refractivity contribution in [3.63, 3.8) is 0 Å². The van der Waals surface area contributed by atoms with Crippen LogP contribution >= 0.6 is 0 Å². The van der Waals surface area contributed by atoms with Crippen LogP contribution in [0.25, 0.3) is 33.7 Å². The van der Waals surface area contributed by atoms with Crippen molar-refractivity contribution in [2.45, 2.75) is 6.92 Å². The topological polar surface area (TPSA) is 101 Å². The highest BCUT2D eigenvalue weighted by molar-refractivity contribution is 5.90. The van der Waals surface area contributed by atoms with Gasteiger partial charge in [-0.25, -0.2) is 0 Å². The van der Waals surface area contributed by atoms with Crippen molar-refractivity contribution in [2.24, 2.45) is 0 Å². The summed E-state index contributed by atoms with van der Waals surface area (Å²) in [6.45, 7) is 1.90. The third-order valence-electron chi connectivity index (χ3n) is 4.13. The highest BCUT2D eigenvalue weighted by Crippen LogP contribution is 2.32. The number of hydrogen-bond donors (Lipinski definition) is 2. The van der Waals surface area contributed by atoms with Gasteiger partial charge in [-0.05, 0) is 43.3 Å². The molecular formula is C19H15N3O4. The highest BCUT2D eigenvalue weighted by atomic mass is 16.5. The van der Waals surface area contributed by atoms with E-state index in [1.807, 2.05) is 13.0 Å². The predicted molar refractivity (Wildman–Crippen MR) is 96.3 cm³/mol. The van der Waals surface area contributed by atoms with Crippen LogP contribution in [-0.2, 0) is 0 Å². The van der Waals surface area contributed by atoms with E-state index in [2.05, 4.69) is 15.1 Å². The quantitative estimate of drug-likeness (QED) is 0.589. The average Bonchev–Trinajstić information content (AvgIpc) is 3.12. The summed E-state index contributed by atoms with van der Waals surface area (Å²) < 4.78 is 10.3. The van der Waals surface area contributed by atoms with Gasteiger partial charge in [0, 0.05) is 10.9 Å². The molecule has 26 heavy (non-hydrogen) atoms. The molecule has 0 spiro atoms. The smallest absolute Gasteiger partial charge is 0.267 e. The summed E-state index contributed by atoms with van der Waals surface area (Å²) in [6.07, 6.45) is 0. The Morgan fingerprint density at radius 1 is 1.15 bits per heavy atom. The lowest BCUT2D eigenvalue weighted by atomic mass is 10.1. The van der Waals surface area contributed by atoms with Crippen LogP contribution in [0.3, 0.4) is 0 Å². The maximum atomic E-state index is 12.4. The largest absolute Gasteiger partial charge is 0.506 e. The summed E-state index contributed by atoms with van der Waals surface area (Å²) in [7, 11) is 1.58. The zero-order valence-corrected chi connectivity index (χ0v) is 14.1. The first-order valence-electron chi connectivity index (χ1n) is 7.91. The van der Waals surface area contributed by atoms with E-state index in [9.17, 15) is 9.90 Å². The number of rotatable bonds is 3. The zero-order valence-electron chi connectivity index (χ0n) is 14.1. The number of aryl methyl sites for hydroxylation is 1. The van der Waals surface area contributed by atoms with Crippen molar-refractivity contribution in [1.82, 2.24) is 15.1 Å². The molecule has 4 aromatic rings. The first kappa shape index (κ1) is 15.9. The molecule has 0 radical (unpaired) electrons. The number of nitrogens with zero attached hydrogens (tertiary/aromatic N) is 2. The zero-order chi connectivity index (χ0) is 18.3. The number of benzene rings is 2. The van der Waals surface area contributed by atoms with Crippen LogP contribution in [0.4, 0.5) is 0 Å². The molecule has 2 N–H and O–H groups in total. The average molecular weight is 349 g/mol. The van der Waals surface area contributed by atoms with Crippen LogP contribution in [0.15, 0.2) is 51.8 Å². The number of nitrogens with one attached hydrogen (secondary N) is 1. The lowest BCUT2D eigenvalue weighted by Crippen LogP contribution is -2.09. The van der Waals surface area contributed by atoms with E-state index in [0.717, 1.165) is 5.56 Å². The van der Waals surface area contributed by atoms with E-state index in [1.165, 1.54) is 0 Å². The number of ether oxygens (including phenoxy) is 1. The molecule has 4 rings (SSSR count). The molecule has 0 aliphatic rings. The Morgan fingerprint density at radius 3 is 2.65 bits per heavy atom. The van der Waals surface area contributed by atoms with Crippen LogP contribution in [0.5, 0.6) is 11.5 Å². The van der Waals surface area contributed by atoms with Crippen molar-refractivity contribution in [2.75, 3.05) is 7.11 Å². The molecule has 0 amide bonds. The minimum atomic E-state index is -0.496. The molecule has 0 aliphatic carbocycles. The lowest BCUT2D eigenvalue weighted by Gasteiger charge is -2.05. The Balaban J connectivity index is 1.83. The standard InChI is InChI=1S/C19H15N3O4/c1-10-3-8-14-13(9-10)16(23)15(18(24)20-14)19-21-17(22-26-19)11-4-6-12(25-2)7-5-11/h3-9H,1-2H3,(H2,20,23,24). The third-order valence-corrected chi connectivity index (χ3v) is 4.13. The van der Waals surface area contributed by atoms with E-state index in [4.69, 9.17) is 9.26 Å². The van der Waals surface area contributed by atoms with Gasteiger partial charge in [0.25, 0.3) is 11.4 Å². The molecule has 0 saturated carbocycles. The van der Waals surface area contributed by atoms with E-state index >= 15 is 0 Å². The first-order valence-corrected chi connectivity index (χ1v) is 7.91. The van der Waals surface area contributed by atoms with Gasteiger partial charge in [0.15, 0.2) is 0 Å². The predicted octanol–water partition coefficient (Wildman–Crippen LogP) is 3.27. The van der Waals surface area contributed by atoms with Gasteiger partial charge in [-0.1, -0.05) is 16.8 Å². The van der Waals surface area contributed by atoms with Crippen LogP contribution in [0, 0.1) is 6.92 Å². The molecule has 2 heterocycles. The van der Waals surface area contributed by atoms with E-state index in [1.54, 1.807) is 43.5 Å². The Kier molecular flexibility index (Phi) is 3.69. The number of fused-ring (bicyclic) bond motifs is 1. The third kappa shape index (κ3) is 2.59. The molecule has 0 bridgehead atoms. The molecule has 0 unspecified atom stereocenters. The highest BCUT2D eigenvalue weighted by Gasteiger charge is 2.20. The number of H-pyrrole nitrogens is 1. The van der Waals surface area contributed by atoms with Gasteiger partial charge in [0.05, 0.1) is 12.6 Å². The van der Waals surface area contributed by atoms with Crippen LogP contribution in [0.1, 0.15) is 5.56 Å². The fourth-order valence-corrected chi connectivity index (χ4v) is 2.77. The number of hydrogen-bond acceptors (Lipinski definition) is 6. The second kappa shape index (κ2) is 6.03. The number of aromatic hydroxyl groups is 1. The number of pyridine rings is 1. The summed E-state index contributed by atoms with van der Waals surface area (Å²) in [5.74, 6) is 0.789. The maximum Gasteiger partial charge on any atom is 0.267 e. The van der Waals surface area contributed by atoms with Crippen LogP contribution in [0.2, 0.25) is 0 Å². The molecule has 0 saturated heterocycles. The fraction of sp³-hybridized carbons (Fsp3) is 0.105. The van der Waals surface area contributed by atoms with Crippen LogP contribution in [-0.4, -0.2) is 27.3 Å². The van der Waals surface area contributed by atoms with Crippen molar-refractivity contribution >= 4 is 10.9 Å².